The Balaban J connectivity index is 1.90. The van der Waals surface area contributed by atoms with Crippen LogP contribution in [0.3, 0.4) is 0 Å². The number of nitrogens with one attached hydrogen (secondary N) is 1. The molecule has 0 radical (unpaired) electrons. The lowest BCUT2D eigenvalue weighted by Gasteiger charge is -2.16. The molecule has 0 fully saturated rings. The SMILES string of the molecule is COc1cc(CNc2nc(-c3ccccn3)nc(C)c2C)cc(OC)c1OC. The second-order valence-corrected chi connectivity index (χ2v) is 6.21. The minimum atomic E-state index is 0.537. The molecular weight excluding hydrogens is 356 g/mol. The van der Waals surface area contributed by atoms with Crippen LogP contribution in [-0.4, -0.2) is 36.3 Å². The minimum Gasteiger partial charge on any atom is -0.493 e. The van der Waals surface area contributed by atoms with Crippen LogP contribution < -0.4 is 19.5 Å². The summed E-state index contributed by atoms with van der Waals surface area (Å²) in [5.41, 5.74) is 3.61. The average Bonchev–Trinajstić information content (AvgIpc) is 2.74. The molecule has 146 valence electrons. The van der Waals surface area contributed by atoms with Crippen molar-refractivity contribution in [3.63, 3.8) is 0 Å². The maximum atomic E-state index is 5.42. The summed E-state index contributed by atoms with van der Waals surface area (Å²) >= 11 is 0. The van der Waals surface area contributed by atoms with Gasteiger partial charge in [-0.05, 0) is 43.7 Å². The van der Waals surface area contributed by atoms with Crippen LogP contribution in [0.2, 0.25) is 0 Å². The molecule has 2 heterocycles. The second-order valence-electron chi connectivity index (χ2n) is 6.21. The second kappa shape index (κ2) is 8.56. The van der Waals surface area contributed by atoms with E-state index in [9.17, 15) is 0 Å². The van der Waals surface area contributed by atoms with E-state index < -0.39 is 0 Å². The van der Waals surface area contributed by atoms with Crippen molar-refractivity contribution in [3.8, 4) is 28.8 Å². The van der Waals surface area contributed by atoms with Crippen molar-refractivity contribution in [1.82, 2.24) is 15.0 Å². The molecule has 7 heteroatoms. The third kappa shape index (κ3) is 3.98. The molecule has 0 aliphatic rings. The summed E-state index contributed by atoms with van der Waals surface area (Å²) in [6, 6.07) is 9.51. The molecule has 0 amide bonds. The first-order valence-corrected chi connectivity index (χ1v) is 8.86. The van der Waals surface area contributed by atoms with Gasteiger partial charge in [0, 0.05) is 24.0 Å². The van der Waals surface area contributed by atoms with E-state index in [1.165, 1.54) is 0 Å². The number of benzene rings is 1. The topological polar surface area (TPSA) is 78.4 Å². The first kappa shape index (κ1) is 19.4. The molecule has 3 rings (SSSR count). The number of aryl methyl sites for hydroxylation is 1. The Labute approximate surface area is 164 Å². The molecule has 0 spiro atoms. The Morgan fingerprint density at radius 1 is 0.929 bits per heavy atom. The molecule has 0 saturated carbocycles. The maximum Gasteiger partial charge on any atom is 0.203 e. The van der Waals surface area contributed by atoms with Gasteiger partial charge in [-0.25, -0.2) is 9.97 Å². The number of aromatic nitrogens is 3. The number of hydrogen-bond donors (Lipinski definition) is 1. The molecular formula is C21H24N4O3. The van der Waals surface area contributed by atoms with Crippen molar-refractivity contribution in [1.29, 1.82) is 0 Å². The molecule has 0 saturated heterocycles. The fourth-order valence-electron chi connectivity index (χ4n) is 2.83. The predicted molar refractivity (Wildman–Crippen MR) is 108 cm³/mol. The molecule has 3 aromatic rings. The first-order valence-electron chi connectivity index (χ1n) is 8.86. The van der Waals surface area contributed by atoms with Crippen LogP contribution in [0.1, 0.15) is 16.8 Å². The monoisotopic (exact) mass is 380 g/mol. The fourth-order valence-corrected chi connectivity index (χ4v) is 2.83. The first-order chi connectivity index (χ1) is 13.6. The van der Waals surface area contributed by atoms with Gasteiger partial charge in [-0.2, -0.15) is 0 Å². The molecule has 0 aliphatic carbocycles. The highest BCUT2D eigenvalue weighted by Crippen LogP contribution is 2.38. The lowest BCUT2D eigenvalue weighted by molar-refractivity contribution is 0.324. The smallest absolute Gasteiger partial charge is 0.203 e. The van der Waals surface area contributed by atoms with E-state index in [4.69, 9.17) is 14.2 Å². The number of pyridine rings is 1. The third-order valence-corrected chi connectivity index (χ3v) is 4.47. The zero-order valence-electron chi connectivity index (χ0n) is 16.7. The van der Waals surface area contributed by atoms with Crippen molar-refractivity contribution in [2.75, 3.05) is 26.6 Å². The van der Waals surface area contributed by atoms with E-state index in [1.54, 1.807) is 27.5 Å². The predicted octanol–water partition coefficient (Wildman–Crippen LogP) is 3.79. The maximum absolute atomic E-state index is 5.42. The molecule has 0 atom stereocenters. The molecule has 7 nitrogen and oxygen atoms in total. The highest BCUT2D eigenvalue weighted by molar-refractivity contribution is 5.57. The van der Waals surface area contributed by atoms with Gasteiger partial charge in [0.25, 0.3) is 0 Å². The van der Waals surface area contributed by atoms with E-state index in [2.05, 4.69) is 20.3 Å². The number of ether oxygens (including phenoxy) is 3. The zero-order valence-corrected chi connectivity index (χ0v) is 16.7. The van der Waals surface area contributed by atoms with Crippen molar-refractivity contribution < 1.29 is 14.2 Å². The van der Waals surface area contributed by atoms with Crippen LogP contribution in [0, 0.1) is 13.8 Å². The highest BCUT2D eigenvalue weighted by atomic mass is 16.5. The Kier molecular flexibility index (Phi) is 5.93. The Hall–Kier alpha value is -3.35. The van der Waals surface area contributed by atoms with Crippen molar-refractivity contribution in [2.24, 2.45) is 0 Å². The molecule has 28 heavy (non-hydrogen) atoms. The Morgan fingerprint density at radius 3 is 2.21 bits per heavy atom. The molecule has 1 aromatic carbocycles. The number of anilines is 1. The van der Waals surface area contributed by atoms with Gasteiger partial charge in [-0.15, -0.1) is 0 Å². The molecule has 1 N–H and O–H groups in total. The minimum absolute atomic E-state index is 0.537. The molecule has 0 bridgehead atoms. The van der Waals surface area contributed by atoms with E-state index in [-0.39, 0.29) is 0 Å². The van der Waals surface area contributed by atoms with E-state index in [1.807, 2.05) is 44.2 Å². The summed E-state index contributed by atoms with van der Waals surface area (Å²) in [6.45, 7) is 4.50. The number of hydrogen-bond acceptors (Lipinski definition) is 7. The summed E-state index contributed by atoms with van der Waals surface area (Å²) in [7, 11) is 4.79. The van der Waals surface area contributed by atoms with Gasteiger partial charge >= 0.3 is 0 Å². The van der Waals surface area contributed by atoms with Gasteiger partial charge in [0.05, 0.1) is 21.3 Å². The molecule has 0 aliphatic heterocycles. The fraction of sp³-hybridized carbons (Fsp3) is 0.286. The van der Waals surface area contributed by atoms with E-state index in [0.717, 1.165) is 28.3 Å². The summed E-state index contributed by atoms with van der Waals surface area (Å²) < 4.78 is 16.2. The average molecular weight is 380 g/mol. The van der Waals surface area contributed by atoms with Gasteiger partial charge < -0.3 is 19.5 Å². The van der Waals surface area contributed by atoms with Crippen LogP contribution in [0.4, 0.5) is 5.82 Å². The number of nitrogens with zero attached hydrogens (tertiary/aromatic N) is 3. The van der Waals surface area contributed by atoms with Crippen LogP contribution in [0.5, 0.6) is 17.2 Å². The molecule has 0 unspecified atom stereocenters. The normalized spacial score (nSPS) is 10.5. The summed E-state index contributed by atoms with van der Waals surface area (Å²) in [4.78, 5) is 13.6. The Morgan fingerprint density at radius 2 is 1.64 bits per heavy atom. The van der Waals surface area contributed by atoms with Crippen LogP contribution in [0.15, 0.2) is 36.5 Å². The lowest BCUT2D eigenvalue weighted by atomic mass is 10.1. The van der Waals surface area contributed by atoms with Crippen molar-refractivity contribution in [3.05, 3.63) is 53.3 Å². The standard InChI is InChI=1S/C21H24N4O3/c1-13-14(2)24-21(16-8-6-7-9-22-16)25-20(13)23-12-15-10-17(26-3)19(28-5)18(11-15)27-4/h6-11H,12H2,1-5H3,(H,23,24,25). The van der Waals surface area contributed by atoms with Crippen LogP contribution in [-0.2, 0) is 6.54 Å². The quantitative estimate of drug-likeness (QED) is 0.668. The van der Waals surface area contributed by atoms with Crippen LogP contribution in [0.25, 0.3) is 11.5 Å². The van der Waals surface area contributed by atoms with Crippen molar-refractivity contribution >= 4 is 5.82 Å². The molecule has 2 aromatic heterocycles. The van der Waals surface area contributed by atoms with Gasteiger partial charge in [-0.1, -0.05) is 6.07 Å². The van der Waals surface area contributed by atoms with Crippen LogP contribution >= 0.6 is 0 Å². The van der Waals surface area contributed by atoms with Gasteiger partial charge in [0.1, 0.15) is 11.5 Å². The van der Waals surface area contributed by atoms with Gasteiger partial charge in [0.15, 0.2) is 17.3 Å². The largest absolute Gasteiger partial charge is 0.493 e. The number of rotatable bonds is 7. The zero-order chi connectivity index (χ0) is 20.1. The number of methoxy groups -OCH3 is 3. The highest BCUT2D eigenvalue weighted by Gasteiger charge is 2.14. The summed E-state index contributed by atoms with van der Waals surface area (Å²) in [5, 5.41) is 3.39. The Bertz CT molecular complexity index is 936. The van der Waals surface area contributed by atoms with E-state index >= 15 is 0 Å². The van der Waals surface area contributed by atoms with Crippen molar-refractivity contribution in [2.45, 2.75) is 20.4 Å². The van der Waals surface area contributed by atoms with E-state index in [0.29, 0.717) is 29.6 Å². The van der Waals surface area contributed by atoms with Gasteiger partial charge in [0.2, 0.25) is 5.75 Å². The van der Waals surface area contributed by atoms with Gasteiger partial charge in [-0.3, -0.25) is 4.98 Å². The lowest BCUT2D eigenvalue weighted by Crippen LogP contribution is -2.08. The third-order valence-electron chi connectivity index (χ3n) is 4.47. The summed E-state index contributed by atoms with van der Waals surface area (Å²) in [6.07, 6.45) is 1.73. The summed E-state index contributed by atoms with van der Waals surface area (Å²) in [5.74, 6) is 3.16.